The molecule has 1 fully saturated rings. The minimum absolute atomic E-state index is 0.550. The van der Waals surface area contributed by atoms with Gasteiger partial charge in [-0.15, -0.1) is 0 Å². The molecule has 88 valence electrons. The average molecular weight is 214 g/mol. The molecule has 0 saturated carbocycles. The third-order valence-electron chi connectivity index (χ3n) is 2.96. The summed E-state index contributed by atoms with van der Waals surface area (Å²) in [5.41, 5.74) is -0.663. The lowest BCUT2D eigenvalue weighted by atomic mass is 9.88. The Balaban J connectivity index is 2.58. The van der Waals surface area contributed by atoms with E-state index >= 15 is 0 Å². The van der Waals surface area contributed by atoms with Crippen LogP contribution in [0.4, 0.5) is 0 Å². The molecule has 1 saturated heterocycles. The van der Waals surface area contributed by atoms with E-state index in [4.69, 9.17) is 9.47 Å². The summed E-state index contributed by atoms with van der Waals surface area (Å²) in [6.45, 7) is 4.41. The molecule has 0 aromatic rings. The third-order valence-corrected chi connectivity index (χ3v) is 2.96. The summed E-state index contributed by atoms with van der Waals surface area (Å²) in [5, 5.41) is 10.0. The zero-order valence-electron chi connectivity index (χ0n) is 9.95. The van der Waals surface area contributed by atoms with Gasteiger partial charge in [0.25, 0.3) is 0 Å². The molecule has 15 heavy (non-hydrogen) atoms. The van der Waals surface area contributed by atoms with Crippen LogP contribution in [0.2, 0.25) is 0 Å². The van der Waals surface area contributed by atoms with Crippen LogP contribution in [0.25, 0.3) is 0 Å². The van der Waals surface area contributed by atoms with Gasteiger partial charge >= 0.3 is 0 Å². The summed E-state index contributed by atoms with van der Waals surface area (Å²) in [7, 11) is 1.65. The van der Waals surface area contributed by atoms with E-state index in [1.165, 1.54) is 0 Å². The minimum Gasteiger partial charge on any atom is -0.390 e. The van der Waals surface area contributed by atoms with E-state index in [-0.39, 0.29) is 0 Å². The lowest BCUT2D eigenvalue weighted by molar-refractivity contribution is -0.278. The van der Waals surface area contributed by atoms with Crippen LogP contribution in [0.15, 0.2) is 12.2 Å². The van der Waals surface area contributed by atoms with Crippen molar-refractivity contribution in [2.75, 3.05) is 13.7 Å². The molecule has 1 aliphatic heterocycles. The van der Waals surface area contributed by atoms with E-state index in [1.807, 2.05) is 19.9 Å². The van der Waals surface area contributed by atoms with Crippen LogP contribution >= 0.6 is 0 Å². The van der Waals surface area contributed by atoms with Gasteiger partial charge in [-0.25, -0.2) is 0 Å². The molecule has 0 amide bonds. The van der Waals surface area contributed by atoms with Gasteiger partial charge in [0.2, 0.25) is 0 Å². The fourth-order valence-corrected chi connectivity index (χ4v) is 2.04. The van der Waals surface area contributed by atoms with Gasteiger partial charge in [0.1, 0.15) is 0 Å². The maximum atomic E-state index is 10.0. The highest BCUT2D eigenvalue weighted by molar-refractivity contribution is 4.89. The zero-order valence-corrected chi connectivity index (χ0v) is 9.95. The SMILES string of the molecule is C/C=C/CC[C@@]1(OC)C[C@](C)(O)CCO1. The van der Waals surface area contributed by atoms with Crippen LogP contribution in [0, 0.1) is 0 Å². The van der Waals surface area contributed by atoms with Crippen molar-refractivity contribution in [1.82, 2.24) is 0 Å². The molecular weight excluding hydrogens is 192 g/mol. The molecule has 1 heterocycles. The van der Waals surface area contributed by atoms with Crippen molar-refractivity contribution in [3.05, 3.63) is 12.2 Å². The summed E-state index contributed by atoms with van der Waals surface area (Å²) < 4.78 is 11.1. The highest BCUT2D eigenvalue weighted by atomic mass is 16.7. The Hall–Kier alpha value is -0.380. The third kappa shape index (κ3) is 3.59. The van der Waals surface area contributed by atoms with Crippen molar-refractivity contribution in [2.45, 2.75) is 50.9 Å². The molecular formula is C12H22O3. The maximum Gasteiger partial charge on any atom is 0.170 e. The molecule has 0 aliphatic carbocycles. The first-order chi connectivity index (χ1) is 7.04. The smallest absolute Gasteiger partial charge is 0.170 e. The summed E-state index contributed by atoms with van der Waals surface area (Å²) in [6.07, 6.45) is 7.05. The molecule has 2 atom stereocenters. The van der Waals surface area contributed by atoms with Crippen molar-refractivity contribution in [1.29, 1.82) is 0 Å². The van der Waals surface area contributed by atoms with Crippen LogP contribution in [0.3, 0.4) is 0 Å². The van der Waals surface area contributed by atoms with Crippen molar-refractivity contribution in [3.63, 3.8) is 0 Å². The second-order valence-corrected chi connectivity index (χ2v) is 4.49. The molecule has 0 bridgehead atoms. The van der Waals surface area contributed by atoms with Gasteiger partial charge in [-0.2, -0.15) is 0 Å². The number of methoxy groups -OCH3 is 1. The normalized spacial score (nSPS) is 37.3. The Kier molecular flexibility index (Phi) is 4.32. The monoisotopic (exact) mass is 214 g/mol. The molecule has 1 N–H and O–H groups in total. The summed E-state index contributed by atoms with van der Waals surface area (Å²) in [6, 6.07) is 0. The topological polar surface area (TPSA) is 38.7 Å². The molecule has 3 nitrogen and oxygen atoms in total. The molecule has 0 unspecified atom stereocenters. The molecule has 0 aromatic heterocycles. The van der Waals surface area contributed by atoms with Gasteiger partial charge < -0.3 is 14.6 Å². The first-order valence-corrected chi connectivity index (χ1v) is 5.56. The lowest BCUT2D eigenvalue weighted by Gasteiger charge is -2.42. The van der Waals surface area contributed by atoms with Crippen molar-refractivity contribution < 1.29 is 14.6 Å². The lowest BCUT2D eigenvalue weighted by Crippen LogP contribution is -2.48. The van der Waals surface area contributed by atoms with Gasteiger partial charge in [0.15, 0.2) is 5.79 Å². The first-order valence-electron chi connectivity index (χ1n) is 5.56. The van der Waals surface area contributed by atoms with E-state index < -0.39 is 11.4 Å². The molecule has 0 aromatic carbocycles. The number of ether oxygens (including phenoxy) is 2. The van der Waals surface area contributed by atoms with Crippen LogP contribution in [0.5, 0.6) is 0 Å². The summed E-state index contributed by atoms with van der Waals surface area (Å²) >= 11 is 0. The summed E-state index contributed by atoms with van der Waals surface area (Å²) in [4.78, 5) is 0. The highest BCUT2D eigenvalue weighted by Crippen LogP contribution is 2.35. The van der Waals surface area contributed by atoms with Crippen LogP contribution < -0.4 is 0 Å². The molecule has 0 spiro atoms. The Bertz CT molecular complexity index is 223. The van der Waals surface area contributed by atoms with Crippen LogP contribution in [-0.2, 0) is 9.47 Å². The first kappa shape index (κ1) is 12.7. The minimum atomic E-state index is -0.663. The molecule has 1 aliphatic rings. The molecule has 1 rings (SSSR count). The van der Waals surface area contributed by atoms with Crippen LogP contribution in [0.1, 0.15) is 39.5 Å². The van der Waals surface area contributed by atoms with E-state index in [1.54, 1.807) is 7.11 Å². The second-order valence-electron chi connectivity index (χ2n) is 4.49. The predicted molar refractivity (Wildman–Crippen MR) is 59.6 cm³/mol. The van der Waals surface area contributed by atoms with Gasteiger partial charge in [-0.3, -0.25) is 0 Å². The highest BCUT2D eigenvalue weighted by Gasteiger charge is 2.42. The Morgan fingerprint density at radius 3 is 2.80 bits per heavy atom. The number of hydrogen-bond donors (Lipinski definition) is 1. The fourth-order valence-electron chi connectivity index (χ4n) is 2.04. The number of aliphatic hydroxyl groups is 1. The van der Waals surface area contributed by atoms with Crippen molar-refractivity contribution in [2.24, 2.45) is 0 Å². The van der Waals surface area contributed by atoms with E-state index in [0.717, 1.165) is 12.8 Å². The van der Waals surface area contributed by atoms with E-state index in [0.29, 0.717) is 19.4 Å². The number of rotatable bonds is 4. The van der Waals surface area contributed by atoms with Crippen molar-refractivity contribution >= 4 is 0 Å². The standard InChI is InChI=1S/C12H22O3/c1-4-5-6-7-12(14-3)10-11(2,13)8-9-15-12/h4-5,13H,6-10H2,1-3H3/b5-4+/t11-,12+/m1/s1. The van der Waals surface area contributed by atoms with Crippen molar-refractivity contribution in [3.8, 4) is 0 Å². The second kappa shape index (κ2) is 5.10. The fraction of sp³-hybridized carbons (Fsp3) is 0.833. The average Bonchev–Trinajstić information content (AvgIpc) is 2.17. The Labute approximate surface area is 92.1 Å². The number of allylic oxidation sites excluding steroid dienone is 2. The largest absolute Gasteiger partial charge is 0.390 e. The Morgan fingerprint density at radius 2 is 2.27 bits per heavy atom. The van der Waals surface area contributed by atoms with Gasteiger partial charge in [-0.05, 0) is 26.7 Å². The maximum absolute atomic E-state index is 10.0. The van der Waals surface area contributed by atoms with Crippen LogP contribution in [-0.4, -0.2) is 30.2 Å². The Morgan fingerprint density at radius 1 is 1.53 bits per heavy atom. The van der Waals surface area contributed by atoms with Gasteiger partial charge in [-0.1, -0.05) is 12.2 Å². The summed E-state index contributed by atoms with van der Waals surface area (Å²) in [5.74, 6) is -0.596. The predicted octanol–water partition coefficient (Wildman–Crippen LogP) is 2.25. The van der Waals surface area contributed by atoms with Gasteiger partial charge in [0, 0.05) is 20.0 Å². The van der Waals surface area contributed by atoms with Gasteiger partial charge in [0.05, 0.1) is 12.2 Å². The number of hydrogen-bond acceptors (Lipinski definition) is 3. The van der Waals surface area contributed by atoms with E-state index in [2.05, 4.69) is 6.08 Å². The molecule has 0 radical (unpaired) electrons. The zero-order chi connectivity index (χ0) is 11.4. The quantitative estimate of drug-likeness (QED) is 0.729. The van der Waals surface area contributed by atoms with E-state index in [9.17, 15) is 5.11 Å². The molecule has 3 heteroatoms.